The molecule has 1 amide bonds. The van der Waals surface area contributed by atoms with Crippen molar-refractivity contribution in [3.05, 3.63) is 36.2 Å². The summed E-state index contributed by atoms with van der Waals surface area (Å²) in [6, 6.07) is 9.82. The fraction of sp³-hybridized carbons (Fsp3) is 0.400. The number of para-hydroxylation sites is 1. The van der Waals surface area contributed by atoms with E-state index in [9.17, 15) is 4.79 Å². The minimum Gasteiger partial charge on any atom is -0.324 e. The van der Waals surface area contributed by atoms with Crippen molar-refractivity contribution in [3.63, 3.8) is 0 Å². The number of hydrogen-bond donors (Lipinski definition) is 1. The topological polar surface area (TPSA) is 77.0 Å². The van der Waals surface area contributed by atoms with Crippen LogP contribution in [0, 0.1) is 5.92 Å². The van der Waals surface area contributed by atoms with Crippen LogP contribution < -0.4 is 10.6 Å². The standard InChI is InChI=1S/C15H19N5OS/c1-19-13(8-16)17-18-15(19)22-10-11-7-14(21)20(9-11)12-5-3-2-4-6-12/h2-6,11H,7-10,16H2,1H3/t11-/m0/s1. The number of benzene rings is 1. The zero-order valence-corrected chi connectivity index (χ0v) is 13.3. The molecule has 1 aromatic carbocycles. The van der Waals surface area contributed by atoms with Crippen LogP contribution in [0.2, 0.25) is 0 Å². The van der Waals surface area contributed by atoms with E-state index in [1.807, 2.05) is 46.8 Å². The minimum atomic E-state index is 0.192. The number of amides is 1. The lowest BCUT2D eigenvalue weighted by molar-refractivity contribution is -0.117. The van der Waals surface area contributed by atoms with Gasteiger partial charge in [-0.3, -0.25) is 4.79 Å². The fourth-order valence-corrected chi connectivity index (χ4v) is 3.60. The van der Waals surface area contributed by atoms with Crippen LogP contribution in [-0.4, -0.2) is 33.0 Å². The number of carbonyl (C=O) groups is 1. The highest BCUT2D eigenvalue weighted by Crippen LogP contribution is 2.29. The van der Waals surface area contributed by atoms with Crippen LogP contribution in [0.25, 0.3) is 0 Å². The number of nitrogens with two attached hydrogens (primary N) is 1. The molecule has 1 fully saturated rings. The third kappa shape index (κ3) is 3.00. The molecule has 0 unspecified atom stereocenters. The summed E-state index contributed by atoms with van der Waals surface area (Å²) in [4.78, 5) is 14.0. The third-order valence-electron chi connectivity index (χ3n) is 3.83. The average molecular weight is 317 g/mol. The Morgan fingerprint density at radius 2 is 2.09 bits per heavy atom. The number of hydrogen-bond acceptors (Lipinski definition) is 5. The van der Waals surface area contributed by atoms with E-state index < -0.39 is 0 Å². The normalized spacial score (nSPS) is 18.2. The predicted molar refractivity (Wildman–Crippen MR) is 86.5 cm³/mol. The molecule has 1 aliphatic rings. The number of rotatable bonds is 5. The molecule has 6 nitrogen and oxygen atoms in total. The van der Waals surface area contributed by atoms with Crippen molar-refractivity contribution < 1.29 is 4.79 Å². The van der Waals surface area contributed by atoms with Gasteiger partial charge in [0.25, 0.3) is 0 Å². The van der Waals surface area contributed by atoms with E-state index in [4.69, 9.17) is 5.73 Å². The van der Waals surface area contributed by atoms with E-state index in [1.54, 1.807) is 11.8 Å². The highest BCUT2D eigenvalue weighted by Gasteiger charge is 2.30. The molecular formula is C15H19N5OS. The van der Waals surface area contributed by atoms with Gasteiger partial charge < -0.3 is 15.2 Å². The van der Waals surface area contributed by atoms with Crippen molar-refractivity contribution in [1.29, 1.82) is 0 Å². The van der Waals surface area contributed by atoms with Crippen LogP contribution in [0.1, 0.15) is 12.2 Å². The van der Waals surface area contributed by atoms with Crippen LogP contribution in [-0.2, 0) is 18.4 Å². The van der Waals surface area contributed by atoms with Gasteiger partial charge in [-0.1, -0.05) is 30.0 Å². The summed E-state index contributed by atoms with van der Waals surface area (Å²) >= 11 is 1.63. The van der Waals surface area contributed by atoms with E-state index in [2.05, 4.69) is 10.2 Å². The zero-order chi connectivity index (χ0) is 15.5. The maximum absolute atomic E-state index is 12.2. The lowest BCUT2D eigenvalue weighted by atomic mass is 10.1. The number of carbonyl (C=O) groups excluding carboxylic acids is 1. The SMILES string of the molecule is Cn1c(CN)nnc1SC[C@H]1CC(=O)N(c2ccccc2)C1. The molecule has 0 radical (unpaired) electrons. The van der Waals surface area contributed by atoms with Gasteiger partial charge in [-0.05, 0) is 18.1 Å². The van der Waals surface area contributed by atoms with Gasteiger partial charge in [0.2, 0.25) is 5.91 Å². The number of anilines is 1. The van der Waals surface area contributed by atoms with Crippen LogP contribution in [0.15, 0.2) is 35.5 Å². The van der Waals surface area contributed by atoms with Gasteiger partial charge in [-0.25, -0.2) is 0 Å². The molecule has 0 spiro atoms. The van der Waals surface area contributed by atoms with Crippen molar-refractivity contribution >= 4 is 23.4 Å². The van der Waals surface area contributed by atoms with Gasteiger partial charge in [-0.15, -0.1) is 10.2 Å². The van der Waals surface area contributed by atoms with Crippen molar-refractivity contribution in [2.24, 2.45) is 18.7 Å². The molecule has 116 valence electrons. The van der Waals surface area contributed by atoms with Crippen molar-refractivity contribution in [2.75, 3.05) is 17.2 Å². The summed E-state index contributed by atoms with van der Waals surface area (Å²) in [6.45, 7) is 1.14. The van der Waals surface area contributed by atoms with E-state index in [0.29, 0.717) is 18.9 Å². The highest BCUT2D eigenvalue weighted by molar-refractivity contribution is 7.99. The lowest BCUT2D eigenvalue weighted by Gasteiger charge is -2.16. The first-order valence-electron chi connectivity index (χ1n) is 7.25. The second-order valence-electron chi connectivity index (χ2n) is 5.38. The molecule has 0 bridgehead atoms. The Morgan fingerprint density at radius 3 is 2.77 bits per heavy atom. The molecule has 1 aliphatic heterocycles. The highest BCUT2D eigenvalue weighted by atomic mass is 32.2. The maximum atomic E-state index is 12.2. The molecule has 2 heterocycles. The van der Waals surface area contributed by atoms with E-state index in [1.165, 1.54) is 0 Å². The smallest absolute Gasteiger partial charge is 0.227 e. The Morgan fingerprint density at radius 1 is 1.32 bits per heavy atom. The van der Waals surface area contributed by atoms with Crippen LogP contribution in [0.5, 0.6) is 0 Å². The average Bonchev–Trinajstić information content (AvgIpc) is 3.09. The molecule has 1 saturated heterocycles. The minimum absolute atomic E-state index is 0.192. The molecule has 1 aromatic heterocycles. The first-order chi connectivity index (χ1) is 10.7. The summed E-state index contributed by atoms with van der Waals surface area (Å²) in [7, 11) is 1.92. The summed E-state index contributed by atoms with van der Waals surface area (Å²) in [5, 5.41) is 9.04. The quantitative estimate of drug-likeness (QED) is 0.844. The molecule has 2 aromatic rings. The van der Waals surface area contributed by atoms with E-state index >= 15 is 0 Å². The number of aromatic nitrogens is 3. The molecule has 0 aliphatic carbocycles. The van der Waals surface area contributed by atoms with Crippen LogP contribution in [0.4, 0.5) is 5.69 Å². The number of nitrogens with zero attached hydrogens (tertiary/aromatic N) is 4. The molecule has 1 atom stereocenters. The molecule has 2 N–H and O–H groups in total. The van der Waals surface area contributed by atoms with Crippen molar-refractivity contribution in [3.8, 4) is 0 Å². The van der Waals surface area contributed by atoms with Gasteiger partial charge in [0.05, 0.1) is 6.54 Å². The number of thioether (sulfide) groups is 1. The Hall–Kier alpha value is -1.86. The maximum Gasteiger partial charge on any atom is 0.227 e. The Labute approximate surface area is 133 Å². The first kappa shape index (κ1) is 15.1. The van der Waals surface area contributed by atoms with Gasteiger partial charge in [0, 0.05) is 31.5 Å². The van der Waals surface area contributed by atoms with Gasteiger partial charge in [0.1, 0.15) is 5.82 Å². The second-order valence-corrected chi connectivity index (χ2v) is 6.37. The van der Waals surface area contributed by atoms with Crippen molar-refractivity contribution in [1.82, 2.24) is 14.8 Å². The summed E-state index contributed by atoms with van der Waals surface area (Å²) in [5.74, 6) is 2.15. The Kier molecular flexibility index (Phi) is 4.44. The molecule has 0 saturated carbocycles. The largest absolute Gasteiger partial charge is 0.324 e. The predicted octanol–water partition coefficient (Wildman–Crippen LogP) is 1.42. The van der Waals surface area contributed by atoms with Crippen molar-refractivity contribution in [2.45, 2.75) is 18.1 Å². The van der Waals surface area contributed by atoms with Crippen LogP contribution in [0.3, 0.4) is 0 Å². The summed E-state index contributed by atoms with van der Waals surface area (Å²) in [5.41, 5.74) is 6.58. The van der Waals surface area contributed by atoms with Crippen LogP contribution >= 0.6 is 11.8 Å². The van der Waals surface area contributed by atoms with E-state index in [-0.39, 0.29) is 5.91 Å². The summed E-state index contributed by atoms with van der Waals surface area (Å²) in [6.07, 6.45) is 0.587. The van der Waals surface area contributed by atoms with E-state index in [0.717, 1.165) is 29.0 Å². The zero-order valence-electron chi connectivity index (χ0n) is 12.5. The lowest BCUT2D eigenvalue weighted by Crippen LogP contribution is -2.24. The Bertz CT molecular complexity index is 657. The monoisotopic (exact) mass is 317 g/mol. The molecule has 7 heteroatoms. The van der Waals surface area contributed by atoms with Gasteiger partial charge >= 0.3 is 0 Å². The first-order valence-corrected chi connectivity index (χ1v) is 8.24. The van der Waals surface area contributed by atoms with Gasteiger partial charge in [-0.2, -0.15) is 0 Å². The Balaban J connectivity index is 1.61. The molecule has 22 heavy (non-hydrogen) atoms. The molecule has 3 rings (SSSR count). The third-order valence-corrected chi connectivity index (χ3v) is 5.08. The fourth-order valence-electron chi connectivity index (χ4n) is 2.59. The summed E-state index contributed by atoms with van der Waals surface area (Å²) < 4.78 is 1.91. The molecular weight excluding hydrogens is 298 g/mol. The second kappa shape index (κ2) is 6.50. The van der Waals surface area contributed by atoms with Gasteiger partial charge in [0.15, 0.2) is 5.16 Å².